The molecule has 2 rings (SSSR count). The smallest absolute Gasteiger partial charge is 0.240 e. The first-order chi connectivity index (χ1) is 9.29. The number of carbonyl (C=O) groups is 1. The van der Waals surface area contributed by atoms with Crippen LogP contribution in [0.2, 0.25) is 0 Å². The molecule has 0 bridgehead atoms. The van der Waals surface area contributed by atoms with Crippen LogP contribution in [-0.2, 0) is 14.6 Å². The van der Waals surface area contributed by atoms with Gasteiger partial charge in [0.25, 0.3) is 0 Å². The Morgan fingerprint density at radius 1 is 1.35 bits per heavy atom. The van der Waals surface area contributed by atoms with Gasteiger partial charge in [-0.3, -0.25) is 4.79 Å². The molecule has 1 aromatic heterocycles. The van der Waals surface area contributed by atoms with Crippen molar-refractivity contribution in [3.63, 3.8) is 0 Å². The highest BCUT2D eigenvalue weighted by Gasteiger charge is 2.30. The monoisotopic (exact) mass is 317 g/mol. The number of aromatic nitrogens is 1. The Kier molecular flexibility index (Phi) is 4.33. The highest BCUT2D eigenvalue weighted by molar-refractivity contribution is 7.92. The molecule has 0 aliphatic carbocycles. The maximum Gasteiger partial charge on any atom is 0.240 e. The van der Waals surface area contributed by atoms with Gasteiger partial charge in [-0.05, 0) is 13.8 Å². The summed E-state index contributed by atoms with van der Waals surface area (Å²) in [7, 11) is -3.33. The van der Waals surface area contributed by atoms with Gasteiger partial charge >= 0.3 is 0 Å². The van der Waals surface area contributed by atoms with Crippen LogP contribution in [0.15, 0.2) is 5.38 Å². The summed E-state index contributed by atoms with van der Waals surface area (Å²) >= 11 is 1.59. The molecule has 1 aromatic rings. The first kappa shape index (κ1) is 15.2. The minimum absolute atomic E-state index is 0.303. The average Bonchev–Trinajstić information content (AvgIpc) is 2.83. The molecule has 6 nitrogen and oxygen atoms in total. The Balaban J connectivity index is 1.96. The van der Waals surface area contributed by atoms with Gasteiger partial charge in [0, 0.05) is 37.8 Å². The Bertz CT molecular complexity index is 589. The van der Waals surface area contributed by atoms with Crippen molar-refractivity contribution in [3.8, 4) is 0 Å². The van der Waals surface area contributed by atoms with Gasteiger partial charge in [-0.15, -0.1) is 11.3 Å². The fourth-order valence-corrected chi connectivity index (χ4v) is 3.42. The molecular formula is C12H19N3O3S2. The third kappa shape index (κ3) is 3.29. The number of rotatable bonds is 3. The summed E-state index contributed by atoms with van der Waals surface area (Å²) in [5.41, 5.74) is 0.995. The molecule has 0 N–H and O–H groups in total. The number of amides is 1. The van der Waals surface area contributed by atoms with Crippen molar-refractivity contribution < 1.29 is 13.2 Å². The number of anilines is 1. The van der Waals surface area contributed by atoms with Crippen LogP contribution >= 0.6 is 11.3 Å². The number of piperazine rings is 1. The normalized spacial score (nSPS) is 18.1. The number of thiazole rings is 1. The number of carbonyl (C=O) groups excluding carboxylic acids is 1. The second-order valence-electron chi connectivity index (χ2n) is 5.06. The maximum absolute atomic E-state index is 12.1. The van der Waals surface area contributed by atoms with Gasteiger partial charge in [0.15, 0.2) is 15.0 Å². The van der Waals surface area contributed by atoms with E-state index in [0.717, 1.165) is 17.1 Å². The van der Waals surface area contributed by atoms with Crippen LogP contribution < -0.4 is 4.90 Å². The molecule has 0 aromatic carbocycles. The third-order valence-electron chi connectivity index (χ3n) is 3.46. The first-order valence-corrected chi connectivity index (χ1v) is 9.27. The Labute approximate surface area is 123 Å². The van der Waals surface area contributed by atoms with E-state index in [4.69, 9.17) is 0 Å². The highest BCUT2D eigenvalue weighted by Crippen LogP contribution is 2.21. The second kappa shape index (κ2) is 5.69. The van der Waals surface area contributed by atoms with E-state index in [0.29, 0.717) is 26.2 Å². The van der Waals surface area contributed by atoms with Crippen LogP contribution in [0, 0.1) is 6.92 Å². The zero-order chi connectivity index (χ0) is 14.9. The molecule has 1 aliphatic rings. The molecule has 2 heterocycles. The van der Waals surface area contributed by atoms with Gasteiger partial charge in [0.2, 0.25) is 5.91 Å². The van der Waals surface area contributed by atoms with E-state index < -0.39 is 15.1 Å². The average molecular weight is 317 g/mol. The van der Waals surface area contributed by atoms with Crippen molar-refractivity contribution in [2.75, 3.05) is 37.3 Å². The van der Waals surface area contributed by atoms with Crippen LogP contribution in [0.5, 0.6) is 0 Å². The van der Waals surface area contributed by atoms with Crippen LogP contribution in [-0.4, -0.2) is 61.9 Å². The SMILES string of the molecule is Cc1csc(N2CCN(C(=O)C(C)S(C)(=O)=O)CC2)n1. The molecule has 1 aliphatic heterocycles. The largest absolute Gasteiger partial charge is 0.345 e. The summed E-state index contributed by atoms with van der Waals surface area (Å²) in [5.74, 6) is -0.303. The molecule has 1 fully saturated rings. The summed E-state index contributed by atoms with van der Waals surface area (Å²) in [6.45, 7) is 5.86. The summed E-state index contributed by atoms with van der Waals surface area (Å²) in [4.78, 5) is 20.3. The lowest BCUT2D eigenvalue weighted by Crippen LogP contribution is -2.52. The molecule has 0 radical (unpaired) electrons. The van der Waals surface area contributed by atoms with E-state index in [1.807, 2.05) is 12.3 Å². The molecule has 1 amide bonds. The fourth-order valence-electron chi connectivity index (χ4n) is 2.05. The number of aryl methyl sites for hydroxylation is 1. The summed E-state index contributed by atoms with van der Waals surface area (Å²) in [6, 6.07) is 0. The van der Waals surface area contributed by atoms with Gasteiger partial charge in [0.1, 0.15) is 5.25 Å². The summed E-state index contributed by atoms with van der Waals surface area (Å²) in [6.07, 6.45) is 1.10. The molecule has 20 heavy (non-hydrogen) atoms. The number of hydrogen-bond acceptors (Lipinski definition) is 6. The van der Waals surface area contributed by atoms with Crippen LogP contribution in [0.1, 0.15) is 12.6 Å². The van der Waals surface area contributed by atoms with Crippen molar-refractivity contribution in [2.45, 2.75) is 19.1 Å². The van der Waals surface area contributed by atoms with E-state index >= 15 is 0 Å². The lowest BCUT2D eigenvalue weighted by Gasteiger charge is -2.35. The minimum atomic E-state index is -3.33. The topological polar surface area (TPSA) is 70.6 Å². The highest BCUT2D eigenvalue weighted by atomic mass is 32.2. The molecule has 0 saturated carbocycles. The van der Waals surface area contributed by atoms with Crippen molar-refractivity contribution in [1.82, 2.24) is 9.88 Å². The van der Waals surface area contributed by atoms with Gasteiger partial charge in [0.05, 0.1) is 5.69 Å². The standard InChI is InChI=1S/C12H19N3O3S2/c1-9-8-19-12(13-9)15-6-4-14(5-7-15)11(16)10(2)20(3,17)18/h8,10H,4-7H2,1-3H3. The summed E-state index contributed by atoms with van der Waals surface area (Å²) in [5, 5.41) is 2.00. The molecule has 8 heteroatoms. The first-order valence-electron chi connectivity index (χ1n) is 6.44. The van der Waals surface area contributed by atoms with E-state index in [1.165, 1.54) is 6.92 Å². The van der Waals surface area contributed by atoms with Crippen LogP contribution in [0.3, 0.4) is 0 Å². The molecule has 1 unspecified atom stereocenters. The molecule has 0 spiro atoms. The number of sulfone groups is 1. The molecule has 1 atom stereocenters. The van der Waals surface area contributed by atoms with Gasteiger partial charge in [-0.1, -0.05) is 0 Å². The van der Waals surface area contributed by atoms with Crippen molar-refractivity contribution >= 4 is 32.2 Å². The number of hydrogen-bond donors (Lipinski definition) is 0. The van der Waals surface area contributed by atoms with Crippen molar-refractivity contribution in [2.24, 2.45) is 0 Å². The second-order valence-corrected chi connectivity index (χ2v) is 8.26. The van der Waals surface area contributed by atoms with Crippen LogP contribution in [0.25, 0.3) is 0 Å². The quantitative estimate of drug-likeness (QED) is 0.813. The predicted octanol–water partition coefficient (Wildman–Crippen LogP) is 0.533. The molecule has 112 valence electrons. The third-order valence-corrected chi connectivity index (χ3v) is 5.96. The van der Waals surface area contributed by atoms with E-state index in [9.17, 15) is 13.2 Å². The Hall–Kier alpha value is -1.15. The van der Waals surface area contributed by atoms with Gasteiger partial charge < -0.3 is 9.80 Å². The minimum Gasteiger partial charge on any atom is -0.345 e. The number of nitrogens with zero attached hydrogens (tertiary/aromatic N) is 3. The lowest BCUT2D eigenvalue weighted by atomic mass is 10.3. The van der Waals surface area contributed by atoms with Crippen LogP contribution in [0.4, 0.5) is 5.13 Å². The zero-order valence-electron chi connectivity index (χ0n) is 11.9. The Morgan fingerprint density at radius 2 is 1.95 bits per heavy atom. The van der Waals surface area contributed by atoms with Crippen molar-refractivity contribution in [3.05, 3.63) is 11.1 Å². The van der Waals surface area contributed by atoms with E-state index in [-0.39, 0.29) is 5.91 Å². The van der Waals surface area contributed by atoms with E-state index in [1.54, 1.807) is 16.2 Å². The van der Waals surface area contributed by atoms with Gasteiger partial charge in [-0.2, -0.15) is 0 Å². The predicted molar refractivity (Wildman–Crippen MR) is 79.9 cm³/mol. The Morgan fingerprint density at radius 3 is 2.40 bits per heavy atom. The summed E-state index contributed by atoms with van der Waals surface area (Å²) < 4.78 is 22.9. The maximum atomic E-state index is 12.1. The lowest BCUT2D eigenvalue weighted by molar-refractivity contribution is -0.130. The fraction of sp³-hybridized carbons (Fsp3) is 0.667. The van der Waals surface area contributed by atoms with Gasteiger partial charge in [-0.25, -0.2) is 13.4 Å². The van der Waals surface area contributed by atoms with Crippen molar-refractivity contribution in [1.29, 1.82) is 0 Å². The zero-order valence-corrected chi connectivity index (χ0v) is 13.5. The molecular weight excluding hydrogens is 298 g/mol. The molecule has 1 saturated heterocycles. The van der Waals surface area contributed by atoms with E-state index in [2.05, 4.69) is 9.88 Å².